The largest absolute Gasteiger partial charge is 0.378 e. The lowest BCUT2D eigenvalue weighted by molar-refractivity contribution is -0.126. The van der Waals surface area contributed by atoms with Gasteiger partial charge in [0.25, 0.3) is 0 Å². The third kappa shape index (κ3) is 6.56. The maximum absolute atomic E-state index is 11.6. The molecule has 1 saturated heterocycles. The van der Waals surface area contributed by atoms with E-state index in [2.05, 4.69) is 16.0 Å². The highest BCUT2D eigenvalue weighted by molar-refractivity contribution is 5.84. The molecule has 3 N–H and O–H groups in total. The molecule has 0 aromatic rings. The van der Waals surface area contributed by atoms with Crippen LogP contribution < -0.4 is 16.0 Å². The zero-order chi connectivity index (χ0) is 13.4. The van der Waals surface area contributed by atoms with Crippen molar-refractivity contribution in [2.75, 3.05) is 32.8 Å². The Kier molecular flexibility index (Phi) is 6.67. The highest BCUT2D eigenvalue weighted by atomic mass is 16.5. The Morgan fingerprint density at radius 3 is 2.72 bits per heavy atom. The van der Waals surface area contributed by atoms with E-state index < -0.39 is 0 Å². The first kappa shape index (κ1) is 14.9. The van der Waals surface area contributed by atoms with E-state index in [4.69, 9.17) is 4.74 Å². The first-order valence-corrected chi connectivity index (χ1v) is 6.42. The Labute approximate surface area is 108 Å². The summed E-state index contributed by atoms with van der Waals surface area (Å²) in [5, 5.41) is 8.55. The van der Waals surface area contributed by atoms with Crippen molar-refractivity contribution >= 4 is 11.8 Å². The van der Waals surface area contributed by atoms with E-state index in [0.717, 1.165) is 6.54 Å². The number of rotatable bonds is 6. The second-order valence-electron chi connectivity index (χ2n) is 4.90. The number of nitrogens with one attached hydrogen (secondary N) is 3. The molecule has 0 spiro atoms. The second-order valence-corrected chi connectivity index (χ2v) is 4.90. The lowest BCUT2D eigenvalue weighted by atomic mass is 10.2. The van der Waals surface area contributed by atoms with Crippen LogP contribution in [0.5, 0.6) is 0 Å². The average Bonchev–Trinajstić information content (AvgIpc) is 2.35. The molecule has 104 valence electrons. The van der Waals surface area contributed by atoms with Crippen LogP contribution in [-0.4, -0.2) is 50.7 Å². The Morgan fingerprint density at radius 1 is 1.33 bits per heavy atom. The molecule has 1 unspecified atom stereocenters. The highest BCUT2D eigenvalue weighted by Crippen LogP contribution is 1.97. The first-order valence-electron chi connectivity index (χ1n) is 6.42. The van der Waals surface area contributed by atoms with E-state index in [1.807, 2.05) is 13.8 Å². The first-order chi connectivity index (χ1) is 8.58. The molecule has 0 aliphatic carbocycles. The van der Waals surface area contributed by atoms with Crippen molar-refractivity contribution in [1.29, 1.82) is 0 Å². The van der Waals surface area contributed by atoms with Gasteiger partial charge in [0.1, 0.15) is 0 Å². The van der Waals surface area contributed by atoms with Crippen LogP contribution in [0.2, 0.25) is 0 Å². The summed E-state index contributed by atoms with van der Waals surface area (Å²) in [5.74, 6) is 0.135. The molecule has 0 radical (unpaired) electrons. The molecule has 6 nitrogen and oxygen atoms in total. The minimum atomic E-state index is -0.148. The van der Waals surface area contributed by atoms with Gasteiger partial charge in [-0.15, -0.1) is 0 Å². The van der Waals surface area contributed by atoms with Gasteiger partial charge in [-0.05, 0) is 5.92 Å². The zero-order valence-corrected chi connectivity index (χ0v) is 11.1. The van der Waals surface area contributed by atoms with Gasteiger partial charge in [-0.2, -0.15) is 0 Å². The maximum Gasteiger partial charge on any atom is 0.239 e. The molecule has 0 saturated carbocycles. The van der Waals surface area contributed by atoms with Crippen LogP contribution in [0.3, 0.4) is 0 Å². The Morgan fingerprint density at radius 2 is 2.11 bits per heavy atom. The summed E-state index contributed by atoms with van der Waals surface area (Å²) < 4.78 is 5.25. The fraction of sp³-hybridized carbons (Fsp3) is 0.833. The van der Waals surface area contributed by atoms with E-state index >= 15 is 0 Å². The summed E-state index contributed by atoms with van der Waals surface area (Å²) in [5.41, 5.74) is 0. The number of morpholine rings is 1. The van der Waals surface area contributed by atoms with Crippen LogP contribution in [0.1, 0.15) is 20.3 Å². The number of carbonyl (C=O) groups excluding carboxylic acids is 2. The van der Waals surface area contributed by atoms with Gasteiger partial charge in [0.05, 0.1) is 19.8 Å². The van der Waals surface area contributed by atoms with E-state index in [0.29, 0.717) is 32.1 Å². The summed E-state index contributed by atoms with van der Waals surface area (Å²) in [6.45, 7) is 6.72. The molecule has 6 heteroatoms. The highest BCUT2D eigenvalue weighted by Gasteiger charge is 2.17. The van der Waals surface area contributed by atoms with Crippen LogP contribution in [0, 0.1) is 5.92 Å². The average molecular weight is 257 g/mol. The SMILES string of the molecule is CC(C)CNC(=O)CNC(=O)CC1COCCN1. The van der Waals surface area contributed by atoms with Gasteiger partial charge in [-0.3, -0.25) is 9.59 Å². The van der Waals surface area contributed by atoms with Crippen molar-refractivity contribution in [3.05, 3.63) is 0 Å². The van der Waals surface area contributed by atoms with Crippen LogP contribution in [0.4, 0.5) is 0 Å². The van der Waals surface area contributed by atoms with Crippen LogP contribution in [-0.2, 0) is 14.3 Å². The maximum atomic E-state index is 11.6. The molecule has 1 aliphatic heterocycles. The fourth-order valence-electron chi connectivity index (χ4n) is 1.61. The molecular weight excluding hydrogens is 234 g/mol. The smallest absolute Gasteiger partial charge is 0.239 e. The summed E-state index contributed by atoms with van der Waals surface area (Å²) >= 11 is 0. The topological polar surface area (TPSA) is 79.5 Å². The molecular formula is C12H23N3O3. The third-order valence-corrected chi connectivity index (χ3v) is 2.58. The Hall–Kier alpha value is -1.14. The van der Waals surface area contributed by atoms with Gasteiger partial charge in [0.15, 0.2) is 0 Å². The predicted molar refractivity (Wildman–Crippen MR) is 68.1 cm³/mol. The molecule has 0 aromatic heterocycles. The zero-order valence-electron chi connectivity index (χ0n) is 11.1. The van der Waals surface area contributed by atoms with Crippen molar-refractivity contribution in [2.45, 2.75) is 26.3 Å². The van der Waals surface area contributed by atoms with Gasteiger partial charge in [0.2, 0.25) is 11.8 Å². The van der Waals surface area contributed by atoms with Crippen molar-refractivity contribution < 1.29 is 14.3 Å². The standard InChI is InChI=1S/C12H23N3O3/c1-9(2)6-14-12(17)7-15-11(16)5-10-8-18-4-3-13-10/h9-10,13H,3-8H2,1-2H3,(H,14,17)(H,15,16). The van der Waals surface area contributed by atoms with Gasteiger partial charge < -0.3 is 20.7 Å². The number of ether oxygens (including phenoxy) is 1. The molecule has 1 heterocycles. The Bertz CT molecular complexity index is 276. The van der Waals surface area contributed by atoms with Crippen molar-refractivity contribution in [1.82, 2.24) is 16.0 Å². The molecule has 2 amide bonds. The van der Waals surface area contributed by atoms with E-state index in [-0.39, 0.29) is 24.4 Å². The molecule has 0 bridgehead atoms. The van der Waals surface area contributed by atoms with Crippen molar-refractivity contribution in [3.8, 4) is 0 Å². The third-order valence-electron chi connectivity index (χ3n) is 2.58. The van der Waals surface area contributed by atoms with Crippen LogP contribution in [0.15, 0.2) is 0 Å². The summed E-state index contributed by atoms with van der Waals surface area (Å²) in [6.07, 6.45) is 0.345. The van der Waals surface area contributed by atoms with E-state index in [1.54, 1.807) is 0 Å². The van der Waals surface area contributed by atoms with Crippen molar-refractivity contribution in [3.63, 3.8) is 0 Å². The van der Waals surface area contributed by atoms with E-state index in [1.165, 1.54) is 0 Å². The summed E-state index contributed by atoms with van der Waals surface area (Å²) in [4.78, 5) is 22.9. The lowest BCUT2D eigenvalue weighted by Crippen LogP contribution is -2.45. The predicted octanol–water partition coefficient (Wildman–Crippen LogP) is -0.747. The minimum absolute atomic E-state index is 0.0408. The number of carbonyl (C=O) groups is 2. The Balaban J connectivity index is 2.10. The lowest BCUT2D eigenvalue weighted by Gasteiger charge is -2.23. The second kappa shape index (κ2) is 8.05. The quantitative estimate of drug-likeness (QED) is 0.585. The molecule has 18 heavy (non-hydrogen) atoms. The summed E-state index contributed by atoms with van der Waals surface area (Å²) in [6, 6.07) is 0.0532. The number of amides is 2. The van der Waals surface area contributed by atoms with E-state index in [9.17, 15) is 9.59 Å². The molecule has 1 fully saturated rings. The number of hydrogen-bond acceptors (Lipinski definition) is 4. The molecule has 1 atom stereocenters. The normalized spacial score (nSPS) is 19.6. The van der Waals surface area contributed by atoms with Crippen LogP contribution >= 0.6 is 0 Å². The van der Waals surface area contributed by atoms with Gasteiger partial charge in [-0.25, -0.2) is 0 Å². The monoisotopic (exact) mass is 257 g/mol. The molecule has 0 aromatic carbocycles. The molecule has 1 rings (SSSR count). The number of hydrogen-bond donors (Lipinski definition) is 3. The van der Waals surface area contributed by atoms with Crippen LogP contribution in [0.25, 0.3) is 0 Å². The summed E-state index contributed by atoms with van der Waals surface area (Å²) in [7, 11) is 0. The minimum Gasteiger partial charge on any atom is -0.378 e. The van der Waals surface area contributed by atoms with Crippen molar-refractivity contribution in [2.24, 2.45) is 5.92 Å². The van der Waals surface area contributed by atoms with Gasteiger partial charge >= 0.3 is 0 Å². The molecule has 1 aliphatic rings. The fourth-order valence-corrected chi connectivity index (χ4v) is 1.61. The van der Waals surface area contributed by atoms with Gasteiger partial charge in [-0.1, -0.05) is 13.8 Å². The van der Waals surface area contributed by atoms with Gasteiger partial charge in [0, 0.05) is 25.6 Å².